The number of ether oxygens (including phenoxy) is 2. The molecule has 1 amide bonds. The van der Waals surface area contributed by atoms with E-state index in [-0.39, 0.29) is 70.2 Å². The predicted octanol–water partition coefficient (Wildman–Crippen LogP) is 3.34. The number of anilines is 2. The number of hydrogen-bond donors (Lipinski definition) is 6. The molecule has 52 heavy (non-hydrogen) atoms. The minimum Gasteiger partial charge on any atom is -0.465 e. The third-order valence-electron chi connectivity index (χ3n) is 7.05. The Morgan fingerprint density at radius 3 is 2.15 bits per heavy atom. The molecular formula is C34H37BrN8O9. The average Bonchev–Trinajstić information content (AvgIpc) is 3.11. The van der Waals surface area contributed by atoms with E-state index in [2.05, 4.69) is 36.3 Å². The number of aliphatic hydroxyl groups excluding tert-OH is 1. The summed E-state index contributed by atoms with van der Waals surface area (Å²) in [6.45, 7) is 3.23. The lowest BCUT2D eigenvalue weighted by Crippen LogP contribution is -2.35. The number of non-ortho nitro benzene ring substituents is 1. The fraction of sp³-hybridized carbons (Fsp3) is 0.235. The van der Waals surface area contributed by atoms with Crippen molar-refractivity contribution >= 4 is 56.8 Å². The van der Waals surface area contributed by atoms with E-state index >= 15 is 0 Å². The first-order valence-corrected chi connectivity index (χ1v) is 16.1. The van der Waals surface area contributed by atoms with E-state index < -0.39 is 28.3 Å². The second-order valence-electron chi connectivity index (χ2n) is 11.3. The van der Waals surface area contributed by atoms with Crippen LogP contribution in [-0.2, 0) is 34.0 Å². The van der Waals surface area contributed by atoms with E-state index in [4.69, 9.17) is 26.7 Å². The maximum absolute atomic E-state index is 13.4. The second kappa shape index (κ2) is 18.2. The zero-order valence-corrected chi connectivity index (χ0v) is 30.1. The van der Waals surface area contributed by atoms with Crippen molar-refractivity contribution in [1.82, 2.24) is 14.9 Å². The highest BCUT2D eigenvalue weighted by atomic mass is 79.9. The maximum Gasteiger partial charge on any atom is 0.338 e. The normalized spacial score (nSPS) is 10.4. The van der Waals surface area contributed by atoms with Crippen molar-refractivity contribution in [3.05, 3.63) is 114 Å². The Hall–Kier alpha value is -6.14. The van der Waals surface area contributed by atoms with Crippen molar-refractivity contribution in [3.8, 4) is 11.3 Å². The number of nitrogens with two attached hydrogens (primary N) is 2. The number of carbonyl (C=O) groups excluding carboxylic acids is 3. The van der Waals surface area contributed by atoms with Gasteiger partial charge in [0.25, 0.3) is 11.2 Å². The highest BCUT2D eigenvalue weighted by Gasteiger charge is 2.21. The largest absolute Gasteiger partial charge is 0.465 e. The summed E-state index contributed by atoms with van der Waals surface area (Å²) in [5.74, 6) is -1.68. The molecule has 0 unspecified atom stereocenters. The third-order valence-corrected chi connectivity index (χ3v) is 7.60. The summed E-state index contributed by atoms with van der Waals surface area (Å²) in [5.41, 5.74) is 13.6. The summed E-state index contributed by atoms with van der Waals surface area (Å²) in [5, 5.41) is 32.6. The molecule has 1 aromatic heterocycles. The number of nitrogen functional groups attached to an aromatic ring is 2. The molecule has 0 radical (unpaired) electrons. The zero-order chi connectivity index (χ0) is 38.7. The SMILES string of the molecule is COC(=O)c1cc(CO)cc([N+](=O)[O-])c1.COC(=O)c1cc(N)cc(-c2c(Br)nc(NC(C)C)c(=O)n2CC(=O)NCc2ccc(C(=N)N)cc2)c1. The number of methoxy groups -OCH3 is 2. The van der Waals surface area contributed by atoms with Gasteiger partial charge in [0.1, 0.15) is 17.0 Å². The molecule has 0 aliphatic carbocycles. The Kier molecular flexibility index (Phi) is 14.1. The van der Waals surface area contributed by atoms with Crippen LogP contribution >= 0.6 is 15.9 Å². The number of esters is 2. The molecule has 3 aromatic carbocycles. The van der Waals surface area contributed by atoms with Crippen molar-refractivity contribution in [3.63, 3.8) is 0 Å². The smallest absolute Gasteiger partial charge is 0.338 e. The van der Waals surface area contributed by atoms with E-state index in [9.17, 15) is 29.3 Å². The average molecular weight is 782 g/mol. The molecule has 0 aliphatic rings. The third kappa shape index (κ3) is 10.7. The first kappa shape index (κ1) is 40.3. The van der Waals surface area contributed by atoms with Gasteiger partial charge in [-0.3, -0.25) is 29.7 Å². The van der Waals surface area contributed by atoms with Gasteiger partial charge in [-0.2, -0.15) is 0 Å². The summed E-state index contributed by atoms with van der Waals surface area (Å²) in [7, 11) is 2.43. The van der Waals surface area contributed by atoms with Crippen LogP contribution in [0, 0.1) is 15.5 Å². The lowest BCUT2D eigenvalue weighted by molar-refractivity contribution is -0.385. The summed E-state index contributed by atoms with van der Waals surface area (Å²) in [4.78, 5) is 63.9. The summed E-state index contributed by atoms with van der Waals surface area (Å²) < 4.78 is 10.8. The van der Waals surface area contributed by atoms with Gasteiger partial charge in [-0.25, -0.2) is 14.6 Å². The van der Waals surface area contributed by atoms with E-state index in [1.807, 2.05) is 13.8 Å². The molecule has 1 heterocycles. The monoisotopic (exact) mass is 780 g/mol. The van der Waals surface area contributed by atoms with Gasteiger partial charge in [-0.15, -0.1) is 0 Å². The quantitative estimate of drug-likeness (QED) is 0.0301. The van der Waals surface area contributed by atoms with Crippen LogP contribution in [0.4, 0.5) is 17.2 Å². The number of carbonyl (C=O) groups is 3. The summed E-state index contributed by atoms with van der Waals surface area (Å²) in [6.07, 6.45) is 0. The molecule has 0 spiro atoms. The van der Waals surface area contributed by atoms with Crippen LogP contribution < -0.4 is 27.7 Å². The van der Waals surface area contributed by atoms with Gasteiger partial charge in [0, 0.05) is 41.5 Å². The Morgan fingerprint density at radius 2 is 1.62 bits per heavy atom. The Bertz CT molecular complexity index is 2050. The van der Waals surface area contributed by atoms with Crippen molar-refractivity contribution in [2.75, 3.05) is 25.3 Å². The summed E-state index contributed by atoms with van der Waals surface area (Å²) >= 11 is 3.42. The number of aromatic nitrogens is 2. The number of halogens is 1. The van der Waals surface area contributed by atoms with Gasteiger partial charge in [-0.05, 0) is 65.2 Å². The van der Waals surface area contributed by atoms with Crippen LogP contribution in [0.25, 0.3) is 11.3 Å². The second-order valence-corrected chi connectivity index (χ2v) is 12.1. The lowest BCUT2D eigenvalue weighted by Gasteiger charge is -2.18. The number of nitro benzene ring substituents is 1. The van der Waals surface area contributed by atoms with Gasteiger partial charge in [0.15, 0.2) is 5.82 Å². The number of aliphatic hydroxyl groups is 1. The van der Waals surface area contributed by atoms with Gasteiger partial charge >= 0.3 is 11.9 Å². The first-order valence-electron chi connectivity index (χ1n) is 15.3. The molecule has 274 valence electrons. The molecule has 0 saturated heterocycles. The van der Waals surface area contributed by atoms with Crippen molar-refractivity contribution in [2.45, 2.75) is 39.6 Å². The Labute approximate surface area is 305 Å². The number of rotatable bonds is 12. The van der Waals surface area contributed by atoms with E-state index in [1.165, 1.54) is 43.1 Å². The van der Waals surface area contributed by atoms with Gasteiger partial charge in [0.05, 0.1) is 42.6 Å². The molecule has 0 saturated carbocycles. The molecule has 0 atom stereocenters. The van der Waals surface area contributed by atoms with Gasteiger partial charge in [-0.1, -0.05) is 24.3 Å². The van der Waals surface area contributed by atoms with Crippen molar-refractivity contribution < 1.29 is 33.9 Å². The summed E-state index contributed by atoms with van der Waals surface area (Å²) in [6, 6.07) is 15.0. The Balaban J connectivity index is 0.000000406. The molecule has 18 heteroatoms. The number of hydrogen-bond acceptors (Lipinski definition) is 13. The van der Waals surface area contributed by atoms with E-state index in [0.29, 0.717) is 16.7 Å². The van der Waals surface area contributed by atoms with Gasteiger partial charge in [0.2, 0.25) is 5.91 Å². The molecule has 0 aliphatic heterocycles. The van der Waals surface area contributed by atoms with Crippen LogP contribution in [0.1, 0.15) is 51.3 Å². The zero-order valence-electron chi connectivity index (χ0n) is 28.6. The fourth-order valence-corrected chi connectivity index (χ4v) is 5.29. The standard InChI is InChI=1S/C25H28BrN7O4.C9H9NO5/c1-13(2)31-23-24(35)33(12-19(34)30-11-14-4-6-15(7-5-14)22(28)29)20(21(26)32-23)16-8-17(25(36)37-3)10-18(27)9-16;1-15-9(12)7-2-6(5-11)3-8(4-7)10(13)14/h4-10,13H,11-12,27H2,1-3H3,(H3,28,29)(H,30,34)(H,31,32);2-4,11H,5H2,1H3. The maximum atomic E-state index is 13.4. The topological polar surface area (TPSA) is 268 Å². The first-order chi connectivity index (χ1) is 24.6. The molecular weight excluding hydrogens is 744 g/mol. The van der Waals surface area contributed by atoms with E-state index in [0.717, 1.165) is 11.6 Å². The molecule has 4 rings (SSSR count). The number of benzene rings is 3. The number of amides is 1. The fourth-order valence-electron chi connectivity index (χ4n) is 4.67. The molecule has 0 fully saturated rings. The molecule has 8 N–H and O–H groups in total. The highest BCUT2D eigenvalue weighted by Crippen LogP contribution is 2.30. The van der Waals surface area contributed by atoms with Crippen LogP contribution in [0.15, 0.2) is 70.1 Å². The number of amidine groups is 1. The van der Waals surface area contributed by atoms with Crippen LogP contribution in [0.5, 0.6) is 0 Å². The lowest BCUT2D eigenvalue weighted by atomic mass is 10.1. The van der Waals surface area contributed by atoms with Crippen LogP contribution in [0.3, 0.4) is 0 Å². The number of nitrogens with one attached hydrogen (secondary N) is 3. The number of nitrogens with zero attached hydrogens (tertiary/aromatic N) is 3. The van der Waals surface area contributed by atoms with Gasteiger partial charge < -0.3 is 36.7 Å². The molecule has 0 bridgehead atoms. The molecule has 17 nitrogen and oxygen atoms in total. The van der Waals surface area contributed by atoms with Crippen LogP contribution in [0.2, 0.25) is 0 Å². The Morgan fingerprint density at radius 1 is 1.00 bits per heavy atom. The van der Waals surface area contributed by atoms with Crippen LogP contribution in [-0.4, -0.2) is 63.5 Å². The van der Waals surface area contributed by atoms with E-state index in [1.54, 1.807) is 30.3 Å². The highest BCUT2D eigenvalue weighted by molar-refractivity contribution is 9.10. The minimum absolute atomic E-state index is 0.0477. The number of nitro groups is 1. The van der Waals surface area contributed by atoms with Crippen molar-refractivity contribution in [1.29, 1.82) is 5.41 Å². The molecule has 4 aromatic rings. The van der Waals surface area contributed by atoms with Crippen molar-refractivity contribution in [2.24, 2.45) is 5.73 Å². The predicted molar refractivity (Wildman–Crippen MR) is 196 cm³/mol. The minimum atomic E-state index is -0.673.